The predicted molar refractivity (Wildman–Crippen MR) is 85.1 cm³/mol. The second-order valence-corrected chi connectivity index (χ2v) is 7.84. The van der Waals surface area contributed by atoms with Gasteiger partial charge in [-0.15, -0.1) is 0 Å². The van der Waals surface area contributed by atoms with Crippen molar-refractivity contribution in [3.8, 4) is 0 Å². The van der Waals surface area contributed by atoms with Crippen molar-refractivity contribution in [2.24, 2.45) is 0 Å². The summed E-state index contributed by atoms with van der Waals surface area (Å²) in [6, 6.07) is -0.302. The minimum Gasteiger partial charge on any atom is -0.444 e. The van der Waals surface area contributed by atoms with E-state index in [0.717, 1.165) is 0 Å². The first-order valence-corrected chi connectivity index (χ1v) is 7.98. The maximum absolute atomic E-state index is 13.7. The first kappa shape index (κ1) is 19.5. The number of alkyl carbamates (subject to hydrolysis) is 1. The normalized spacial score (nSPS) is 22.5. The van der Waals surface area contributed by atoms with Crippen molar-refractivity contribution in [1.29, 1.82) is 0 Å². The van der Waals surface area contributed by atoms with Gasteiger partial charge in [-0.25, -0.2) is 14.0 Å². The van der Waals surface area contributed by atoms with Gasteiger partial charge in [-0.1, -0.05) is 0 Å². The number of nitrogens with zero attached hydrogens (tertiary/aromatic N) is 1. The molecule has 1 heterocycles. The van der Waals surface area contributed by atoms with Crippen LogP contribution in [0.5, 0.6) is 0 Å². The smallest absolute Gasteiger partial charge is 0.410 e. The fourth-order valence-corrected chi connectivity index (χ4v) is 2.25. The maximum Gasteiger partial charge on any atom is 0.410 e. The molecule has 0 spiro atoms. The summed E-state index contributed by atoms with van der Waals surface area (Å²) in [4.78, 5) is 25.3. The molecule has 134 valence electrons. The van der Waals surface area contributed by atoms with E-state index in [9.17, 15) is 14.0 Å². The summed E-state index contributed by atoms with van der Waals surface area (Å²) in [5.74, 6) is 0. The Morgan fingerprint density at radius 2 is 1.65 bits per heavy atom. The summed E-state index contributed by atoms with van der Waals surface area (Å²) >= 11 is 0. The average molecular weight is 332 g/mol. The minimum atomic E-state index is -1.07. The number of amides is 2. The summed E-state index contributed by atoms with van der Waals surface area (Å²) in [6.07, 6.45) is -1.35. The third-order valence-corrected chi connectivity index (χ3v) is 3.16. The van der Waals surface area contributed by atoms with Gasteiger partial charge >= 0.3 is 12.2 Å². The number of piperidine rings is 1. The zero-order valence-corrected chi connectivity index (χ0v) is 14.9. The Bertz CT molecular complexity index is 429. The van der Waals surface area contributed by atoms with E-state index in [2.05, 4.69) is 5.32 Å². The predicted octanol–water partition coefficient (Wildman–Crippen LogP) is 3.25. The average Bonchev–Trinajstić information content (AvgIpc) is 2.33. The van der Waals surface area contributed by atoms with Crippen LogP contribution in [0.1, 0.15) is 54.4 Å². The van der Waals surface area contributed by atoms with Crippen LogP contribution >= 0.6 is 0 Å². The molecule has 1 rings (SSSR count). The molecule has 23 heavy (non-hydrogen) atoms. The van der Waals surface area contributed by atoms with Gasteiger partial charge in [0.05, 0.1) is 12.6 Å². The van der Waals surface area contributed by atoms with Crippen molar-refractivity contribution in [2.75, 3.05) is 13.1 Å². The van der Waals surface area contributed by atoms with Crippen molar-refractivity contribution in [3.05, 3.63) is 0 Å². The highest BCUT2D eigenvalue weighted by atomic mass is 19.1. The topological polar surface area (TPSA) is 67.9 Å². The Morgan fingerprint density at radius 3 is 2.17 bits per heavy atom. The first-order chi connectivity index (χ1) is 10.4. The number of likely N-dealkylation sites (tertiary alicyclic amines) is 1. The van der Waals surface area contributed by atoms with Gasteiger partial charge in [-0.05, 0) is 54.4 Å². The summed E-state index contributed by atoms with van der Waals surface area (Å²) < 4.78 is 24.1. The number of hydrogen-bond acceptors (Lipinski definition) is 4. The second kappa shape index (κ2) is 7.36. The maximum atomic E-state index is 13.7. The van der Waals surface area contributed by atoms with Gasteiger partial charge in [0.2, 0.25) is 0 Å². The minimum absolute atomic E-state index is 0.0183. The number of halogens is 1. The van der Waals surface area contributed by atoms with Crippen LogP contribution in [0.4, 0.5) is 14.0 Å². The Hall–Kier alpha value is -1.53. The summed E-state index contributed by atoms with van der Waals surface area (Å²) in [5.41, 5.74) is -1.24. The van der Waals surface area contributed by atoms with E-state index in [1.54, 1.807) is 41.5 Å². The molecule has 0 aliphatic carbocycles. The molecular formula is C16H29FN2O4. The SMILES string of the molecule is CC(C)(C)OC(=O)NC[C@H]1CC[C@@H](F)CN1C(=O)OC(C)(C)C. The van der Waals surface area contributed by atoms with Gasteiger partial charge < -0.3 is 19.7 Å². The fraction of sp³-hybridized carbons (Fsp3) is 0.875. The van der Waals surface area contributed by atoms with Crippen LogP contribution in [-0.2, 0) is 9.47 Å². The van der Waals surface area contributed by atoms with Gasteiger partial charge in [-0.3, -0.25) is 0 Å². The van der Waals surface area contributed by atoms with Crippen LogP contribution < -0.4 is 5.32 Å². The van der Waals surface area contributed by atoms with E-state index in [0.29, 0.717) is 12.8 Å². The highest BCUT2D eigenvalue weighted by molar-refractivity contribution is 5.70. The van der Waals surface area contributed by atoms with Crippen molar-refractivity contribution < 1.29 is 23.5 Å². The van der Waals surface area contributed by atoms with Crippen LogP contribution in [0.15, 0.2) is 0 Å². The van der Waals surface area contributed by atoms with E-state index in [4.69, 9.17) is 9.47 Å². The highest BCUT2D eigenvalue weighted by Crippen LogP contribution is 2.22. The van der Waals surface area contributed by atoms with E-state index in [-0.39, 0.29) is 19.1 Å². The zero-order valence-electron chi connectivity index (χ0n) is 14.9. The summed E-state index contributed by atoms with van der Waals surface area (Å²) in [6.45, 7) is 10.8. The lowest BCUT2D eigenvalue weighted by atomic mass is 10.0. The number of ether oxygens (including phenoxy) is 2. The highest BCUT2D eigenvalue weighted by Gasteiger charge is 2.34. The van der Waals surface area contributed by atoms with Gasteiger partial charge in [0.15, 0.2) is 0 Å². The van der Waals surface area contributed by atoms with Crippen LogP contribution in [0, 0.1) is 0 Å². The number of carbonyl (C=O) groups is 2. The Morgan fingerprint density at radius 1 is 1.09 bits per heavy atom. The number of rotatable bonds is 2. The van der Waals surface area contributed by atoms with E-state index < -0.39 is 29.6 Å². The molecule has 0 radical (unpaired) electrons. The molecule has 1 fully saturated rings. The Balaban J connectivity index is 2.63. The first-order valence-electron chi connectivity index (χ1n) is 7.98. The van der Waals surface area contributed by atoms with E-state index in [1.165, 1.54) is 4.90 Å². The van der Waals surface area contributed by atoms with Gasteiger partial charge in [-0.2, -0.15) is 0 Å². The fourth-order valence-electron chi connectivity index (χ4n) is 2.25. The molecule has 1 N–H and O–H groups in total. The molecule has 2 atom stereocenters. The van der Waals surface area contributed by atoms with Gasteiger partial charge in [0.1, 0.15) is 17.4 Å². The number of alkyl halides is 1. The molecule has 7 heteroatoms. The Labute approximate surface area is 137 Å². The third kappa shape index (κ3) is 7.52. The Kier molecular flexibility index (Phi) is 6.25. The lowest BCUT2D eigenvalue weighted by Gasteiger charge is -2.38. The van der Waals surface area contributed by atoms with Crippen LogP contribution in [0.3, 0.4) is 0 Å². The third-order valence-electron chi connectivity index (χ3n) is 3.16. The molecular weight excluding hydrogens is 303 g/mol. The molecule has 0 aromatic carbocycles. The largest absolute Gasteiger partial charge is 0.444 e. The van der Waals surface area contributed by atoms with Crippen LogP contribution in [-0.4, -0.2) is 53.6 Å². The molecule has 0 aromatic heterocycles. The molecule has 0 saturated carbocycles. The van der Waals surface area contributed by atoms with Crippen molar-refractivity contribution >= 4 is 12.2 Å². The molecule has 1 aliphatic rings. The lowest BCUT2D eigenvalue weighted by molar-refractivity contribution is -0.00165. The van der Waals surface area contributed by atoms with Crippen molar-refractivity contribution in [3.63, 3.8) is 0 Å². The number of carbonyl (C=O) groups excluding carboxylic acids is 2. The second-order valence-electron chi connectivity index (χ2n) is 7.84. The molecule has 1 aliphatic heterocycles. The summed E-state index contributed by atoms with van der Waals surface area (Å²) in [7, 11) is 0. The standard InChI is InChI=1S/C16H29FN2O4/c1-15(2,3)22-13(20)18-9-12-8-7-11(17)10-19(12)14(21)23-16(4,5)6/h11-12H,7-10H2,1-6H3,(H,18,20)/t11-,12-/m1/s1. The van der Waals surface area contributed by atoms with Gasteiger partial charge in [0.25, 0.3) is 0 Å². The van der Waals surface area contributed by atoms with Crippen molar-refractivity contribution in [1.82, 2.24) is 10.2 Å². The number of nitrogens with one attached hydrogen (secondary N) is 1. The molecule has 2 amide bonds. The molecule has 0 bridgehead atoms. The van der Waals surface area contributed by atoms with Crippen LogP contribution in [0.2, 0.25) is 0 Å². The zero-order chi connectivity index (χ0) is 17.8. The lowest BCUT2D eigenvalue weighted by Crippen LogP contribution is -2.53. The monoisotopic (exact) mass is 332 g/mol. The molecule has 1 saturated heterocycles. The van der Waals surface area contributed by atoms with Crippen molar-refractivity contribution in [2.45, 2.75) is 77.8 Å². The summed E-state index contributed by atoms with van der Waals surface area (Å²) in [5, 5.41) is 2.64. The molecule has 0 unspecified atom stereocenters. The number of hydrogen-bond donors (Lipinski definition) is 1. The van der Waals surface area contributed by atoms with E-state index in [1.807, 2.05) is 0 Å². The van der Waals surface area contributed by atoms with Gasteiger partial charge in [0, 0.05) is 6.54 Å². The molecule has 0 aromatic rings. The molecule has 6 nitrogen and oxygen atoms in total. The van der Waals surface area contributed by atoms with E-state index >= 15 is 0 Å². The quantitative estimate of drug-likeness (QED) is 0.843. The van der Waals surface area contributed by atoms with Crippen LogP contribution in [0.25, 0.3) is 0 Å².